The number of urea groups is 1. The van der Waals surface area contributed by atoms with Crippen LogP contribution in [0.4, 0.5) is 10.5 Å². The van der Waals surface area contributed by atoms with Crippen LogP contribution >= 0.6 is 11.6 Å². The molecule has 2 aliphatic rings. The van der Waals surface area contributed by atoms with Gasteiger partial charge in [-0.3, -0.25) is 4.79 Å². The van der Waals surface area contributed by atoms with Crippen molar-refractivity contribution in [3.8, 4) is 5.88 Å². The molecule has 1 aromatic heterocycles. The zero-order valence-corrected chi connectivity index (χ0v) is 14.3. The summed E-state index contributed by atoms with van der Waals surface area (Å²) in [7, 11) is 1.51. The van der Waals surface area contributed by atoms with Crippen molar-refractivity contribution in [2.45, 2.75) is 24.3 Å². The normalized spacial score (nSPS) is 25.0. The number of aromatic nitrogens is 1. The Morgan fingerprint density at radius 1 is 1.24 bits per heavy atom. The standard InChI is InChI=1S/C18H16ClN3O3/c1-25-15-7-6-12(10-20-15)22-16(23)18(21-17(22)24)8-11(9-18)13-4-2-3-5-14(13)19/h2-7,10-11H,8-9H2,1H3,(H,21,24). The number of hydrogen-bond acceptors (Lipinski definition) is 4. The van der Waals surface area contributed by atoms with E-state index in [1.54, 1.807) is 12.1 Å². The number of halogens is 1. The van der Waals surface area contributed by atoms with Gasteiger partial charge in [-0.05, 0) is 36.5 Å². The number of methoxy groups -OCH3 is 1. The third-order valence-electron chi connectivity index (χ3n) is 4.88. The van der Waals surface area contributed by atoms with Crippen LogP contribution in [0.15, 0.2) is 42.6 Å². The fourth-order valence-electron chi connectivity index (χ4n) is 3.56. The third-order valence-corrected chi connectivity index (χ3v) is 5.23. The second kappa shape index (κ2) is 5.74. The van der Waals surface area contributed by atoms with E-state index in [0.29, 0.717) is 29.4 Å². The molecule has 1 aliphatic carbocycles. The number of anilines is 1. The molecule has 2 aromatic rings. The number of nitrogens with zero attached hydrogens (tertiary/aromatic N) is 2. The van der Waals surface area contributed by atoms with Gasteiger partial charge >= 0.3 is 6.03 Å². The summed E-state index contributed by atoms with van der Waals surface area (Å²) in [6, 6.07) is 10.5. The zero-order chi connectivity index (χ0) is 17.6. The lowest BCUT2D eigenvalue weighted by atomic mass is 9.65. The van der Waals surface area contributed by atoms with Crippen molar-refractivity contribution in [1.82, 2.24) is 10.3 Å². The molecule has 0 bridgehead atoms. The molecule has 3 amide bonds. The summed E-state index contributed by atoms with van der Waals surface area (Å²) in [4.78, 5) is 30.5. The molecule has 1 aliphatic heterocycles. The molecule has 1 saturated heterocycles. The first-order valence-electron chi connectivity index (χ1n) is 7.95. The molecule has 4 rings (SSSR count). The number of nitrogens with one attached hydrogen (secondary N) is 1. The van der Waals surface area contributed by atoms with Crippen molar-refractivity contribution >= 4 is 29.2 Å². The van der Waals surface area contributed by atoms with Gasteiger partial charge in [-0.25, -0.2) is 14.7 Å². The lowest BCUT2D eigenvalue weighted by molar-refractivity contribution is -0.125. The molecule has 2 heterocycles. The van der Waals surface area contributed by atoms with E-state index < -0.39 is 11.6 Å². The second-order valence-electron chi connectivity index (χ2n) is 6.34. The molecule has 25 heavy (non-hydrogen) atoms. The Labute approximate surface area is 149 Å². The summed E-state index contributed by atoms with van der Waals surface area (Å²) in [6.07, 6.45) is 2.54. The Morgan fingerprint density at radius 3 is 2.64 bits per heavy atom. The first kappa shape index (κ1) is 15.9. The van der Waals surface area contributed by atoms with Crippen molar-refractivity contribution in [1.29, 1.82) is 0 Å². The van der Waals surface area contributed by atoms with Crippen LogP contribution in [0.5, 0.6) is 5.88 Å². The lowest BCUT2D eigenvalue weighted by Gasteiger charge is -2.43. The molecular weight excluding hydrogens is 342 g/mol. The molecule has 0 radical (unpaired) electrons. The van der Waals surface area contributed by atoms with Crippen molar-refractivity contribution in [2.75, 3.05) is 12.0 Å². The number of rotatable bonds is 3. The van der Waals surface area contributed by atoms with E-state index in [1.165, 1.54) is 13.3 Å². The molecule has 6 nitrogen and oxygen atoms in total. The number of carbonyl (C=O) groups excluding carboxylic acids is 2. The highest BCUT2D eigenvalue weighted by molar-refractivity contribution is 6.31. The van der Waals surface area contributed by atoms with E-state index >= 15 is 0 Å². The minimum absolute atomic E-state index is 0.159. The summed E-state index contributed by atoms with van der Waals surface area (Å²) in [5.41, 5.74) is 0.601. The highest BCUT2D eigenvalue weighted by Gasteiger charge is 2.59. The first-order chi connectivity index (χ1) is 12.0. The maximum Gasteiger partial charge on any atom is 0.329 e. The molecule has 1 aromatic carbocycles. The fourth-order valence-corrected chi connectivity index (χ4v) is 3.85. The molecule has 2 fully saturated rings. The van der Waals surface area contributed by atoms with E-state index in [0.717, 1.165) is 10.5 Å². The average Bonchev–Trinajstić information content (AvgIpc) is 2.85. The van der Waals surface area contributed by atoms with Gasteiger partial charge in [-0.1, -0.05) is 29.8 Å². The Kier molecular flexibility index (Phi) is 3.65. The Hall–Kier alpha value is -2.60. The number of amides is 3. The monoisotopic (exact) mass is 357 g/mol. The highest BCUT2D eigenvalue weighted by atomic mass is 35.5. The van der Waals surface area contributed by atoms with E-state index in [4.69, 9.17) is 16.3 Å². The molecular formula is C18H16ClN3O3. The van der Waals surface area contributed by atoms with Crippen LogP contribution in [-0.4, -0.2) is 29.6 Å². The molecule has 0 unspecified atom stereocenters. The SMILES string of the molecule is COc1ccc(N2C(=O)NC3(CC(c4ccccc4Cl)C3)C2=O)cn1. The van der Waals surface area contributed by atoms with Crippen LogP contribution in [-0.2, 0) is 4.79 Å². The molecule has 1 spiro atoms. The van der Waals surface area contributed by atoms with Crippen LogP contribution in [0.25, 0.3) is 0 Å². The van der Waals surface area contributed by atoms with Gasteiger partial charge in [0.25, 0.3) is 5.91 Å². The highest BCUT2D eigenvalue weighted by Crippen LogP contribution is 2.49. The molecule has 0 atom stereocenters. The van der Waals surface area contributed by atoms with E-state index in [9.17, 15) is 9.59 Å². The number of pyridine rings is 1. The summed E-state index contributed by atoms with van der Waals surface area (Å²) < 4.78 is 5.01. The van der Waals surface area contributed by atoms with Crippen LogP contribution in [0, 0.1) is 0 Å². The Morgan fingerprint density at radius 2 is 2.00 bits per heavy atom. The molecule has 128 valence electrons. The second-order valence-corrected chi connectivity index (χ2v) is 6.75. The third kappa shape index (κ3) is 2.44. The van der Waals surface area contributed by atoms with Crippen LogP contribution < -0.4 is 15.0 Å². The summed E-state index contributed by atoms with van der Waals surface area (Å²) in [6.45, 7) is 0. The fraction of sp³-hybridized carbons (Fsp3) is 0.278. The van der Waals surface area contributed by atoms with Gasteiger partial charge in [-0.15, -0.1) is 0 Å². The maximum atomic E-state index is 12.9. The molecule has 1 N–H and O–H groups in total. The summed E-state index contributed by atoms with van der Waals surface area (Å²) >= 11 is 6.24. The largest absolute Gasteiger partial charge is 0.481 e. The summed E-state index contributed by atoms with van der Waals surface area (Å²) in [5, 5.41) is 3.54. The average molecular weight is 358 g/mol. The van der Waals surface area contributed by atoms with Gasteiger partial charge in [0.1, 0.15) is 5.54 Å². The van der Waals surface area contributed by atoms with Gasteiger partial charge in [0.15, 0.2) is 0 Å². The lowest BCUT2D eigenvalue weighted by Crippen LogP contribution is -2.56. The summed E-state index contributed by atoms with van der Waals surface area (Å²) in [5.74, 6) is 0.340. The molecule has 1 saturated carbocycles. The smallest absolute Gasteiger partial charge is 0.329 e. The van der Waals surface area contributed by atoms with Crippen LogP contribution in [0.2, 0.25) is 5.02 Å². The van der Waals surface area contributed by atoms with Crippen molar-refractivity contribution in [2.24, 2.45) is 0 Å². The quantitative estimate of drug-likeness (QED) is 0.857. The minimum atomic E-state index is -0.846. The van der Waals surface area contributed by atoms with E-state index in [2.05, 4.69) is 10.3 Å². The zero-order valence-electron chi connectivity index (χ0n) is 13.5. The Bertz CT molecular complexity index is 847. The van der Waals surface area contributed by atoms with Crippen molar-refractivity contribution in [3.63, 3.8) is 0 Å². The van der Waals surface area contributed by atoms with Gasteiger partial charge in [0.2, 0.25) is 5.88 Å². The predicted molar refractivity (Wildman–Crippen MR) is 93.0 cm³/mol. The van der Waals surface area contributed by atoms with Crippen LogP contribution in [0.3, 0.4) is 0 Å². The van der Waals surface area contributed by atoms with Crippen molar-refractivity contribution < 1.29 is 14.3 Å². The van der Waals surface area contributed by atoms with E-state index in [1.807, 2.05) is 24.3 Å². The molecule has 7 heteroatoms. The number of imide groups is 1. The van der Waals surface area contributed by atoms with E-state index in [-0.39, 0.29) is 11.8 Å². The van der Waals surface area contributed by atoms with Gasteiger partial charge < -0.3 is 10.1 Å². The number of ether oxygens (including phenoxy) is 1. The number of benzene rings is 1. The topological polar surface area (TPSA) is 71.5 Å². The maximum absolute atomic E-state index is 12.9. The Balaban J connectivity index is 1.55. The van der Waals surface area contributed by atoms with Crippen molar-refractivity contribution in [3.05, 3.63) is 53.2 Å². The predicted octanol–water partition coefficient (Wildman–Crippen LogP) is 3.12. The minimum Gasteiger partial charge on any atom is -0.481 e. The first-order valence-corrected chi connectivity index (χ1v) is 8.33. The van der Waals surface area contributed by atoms with Gasteiger partial charge in [0.05, 0.1) is 19.0 Å². The van der Waals surface area contributed by atoms with Gasteiger partial charge in [0, 0.05) is 11.1 Å². The number of carbonyl (C=O) groups is 2. The van der Waals surface area contributed by atoms with Gasteiger partial charge in [-0.2, -0.15) is 0 Å². The number of hydrogen-bond donors (Lipinski definition) is 1. The van der Waals surface area contributed by atoms with Crippen LogP contribution in [0.1, 0.15) is 24.3 Å².